The number of rotatable bonds is 6. The molecular weight excluding hydrogens is 352 g/mol. The molecule has 6 nitrogen and oxygen atoms in total. The van der Waals surface area contributed by atoms with Crippen molar-refractivity contribution < 1.29 is 9.47 Å². The van der Waals surface area contributed by atoms with E-state index in [-0.39, 0.29) is 0 Å². The topological polar surface area (TPSA) is 69.2 Å². The van der Waals surface area contributed by atoms with Crippen molar-refractivity contribution in [2.24, 2.45) is 0 Å². The molecule has 0 bridgehead atoms. The van der Waals surface area contributed by atoms with Crippen LogP contribution >= 0.6 is 0 Å². The van der Waals surface area contributed by atoms with Gasteiger partial charge in [0.25, 0.3) is 0 Å². The minimum absolute atomic E-state index is 0.667. The summed E-state index contributed by atoms with van der Waals surface area (Å²) in [6.45, 7) is 0. The Morgan fingerprint density at radius 2 is 1.64 bits per heavy atom. The third kappa shape index (κ3) is 3.57. The average molecular weight is 372 g/mol. The number of methoxy groups -OCH3 is 2. The van der Waals surface area contributed by atoms with E-state index >= 15 is 0 Å². The Bertz CT molecular complexity index is 1100. The molecule has 0 fully saturated rings. The van der Waals surface area contributed by atoms with Gasteiger partial charge in [0.2, 0.25) is 0 Å². The number of pyridine rings is 1. The lowest BCUT2D eigenvalue weighted by molar-refractivity contribution is 0.405. The zero-order valence-electron chi connectivity index (χ0n) is 15.7. The molecule has 2 aromatic carbocycles. The molecule has 2 aromatic heterocycles. The second-order valence-electron chi connectivity index (χ2n) is 6.26. The third-order valence-electron chi connectivity index (χ3n) is 4.54. The van der Waals surface area contributed by atoms with Crippen molar-refractivity contribution in [2.45, 2.75) is 6.42 Å². The molecule has 1 N–H and O–H groups in total. The van der Waals surface area contributed by atoms with Gasteiger partial charge in [0.15, 0.2) is 5.82 Å². The number of aromatic nitrogens is 3. The van der Waals surface area contributed by atoms with Crippen molar-refractivity contribution in [2.75, 3.05) is 19.5 Å². The first-order chi connectivity index (χ1) is 13.8. The maximum atomic E-state index is 5.46. The van der Waals surface area contributed by atoms with Crippen LogP contribution in [-0.2, 0) is 6.42 Å². The zero-order chi connectivity index (χ0) is 19.3. The second-order valence-corrected chi connectivity index (χ2v) is 6.26. The summed E-state index contributed by atoms with van der Waals surface area (Å²) in [5.41, 5.74) is 2.83. The van der Waals surface area contributed by atoms with Gasteiger partial charge in [0.05, 0.1) is 25.6 Å². The van der Waals surface area contributed by atoms with E-state index in [9.17, 15) is 0 Å². The third-order valence-corrected chi connectivity index (χ3v) is 4.54. The first-order valence-electron chi connectivity index (χ1n) is 8.90. The number of nitrogens with one attached hydrogen (secondary N) is 1. The molecule has 0 amide bonds. The summed E-state index contributed by atoms with van der Waals surface area (Å²) in [4.78, 5) is 4.07. The molecule has 0 saturated carbocycles. The summed E-state index contributed by atoms with van der Waals surface area (Å²) in [5.74, 6) is 2.10. The van der Waals surface area contributed by atoms with Gasteiger partial charge in [-0.15, -0.1) is 5.10 Å². The molecule has 0 saturated heterocycles. The first-order valence-corrected chi connectivity index (χ1v) is 8.90. The highest BCUT2D eigenvalue weighted by atomic mass is 16.5. The molecule has 0 radical (unpaired) electrons. The maximum Gasteiger partial charge on any atom is 0.161 e. The monoisotopic (exact) mass is 372 g/mol. The molecular formula is C22H20N4O2. The van der Waals surface area contributed by atoms with Crippen LogP contribution < -0.4 is 14.8 Å². The SMILES string of the molecule is COc1ccc(OC)c(Nc2nnc(Cc3ccncc3)c3ccccc23)c1. The van der Waals surface area contributed by atoms with Gasteiger partial charge in [-0.3, -0.25) is 4.98 Å². The van der Waals surface area contributed by atoms with E-state index in [0.717, 1.165) is 33.5 Å². The lowest BCUT2D eigenvalue weighted by Gasteiger charge is -2.14. The normalized spacial score (nSPS) is 10.6. The van der Waals surface area contributed by atoms with Crippen LogP contribution in [-0.4, -0.2) is 29.4 Å². The minimum Gasteiger partial charge on any atom is -0.497 e. The summed E-state index contributed by atoms with van der Waals surface area (Å²) in [5, 5.41) is 14.3. The lowest BCUT2D eigenvalue weighted by atomic mass is 10.0. The van der Waals surface area contributed by atoms with Gasteiger partial charge in [-0.1, -0.05) is 24.3 Å². The number of fused-ring (bicyclic) bond motifs is 1. The van der Waals surface area contributed by atoms with E-state index in [1.165, 1.54) is 0 Å². The Balaban J connectivity index is 1.74. The molecule has 28 heavy (non-hydrogen) atoms. The van der Waals surface area contributed by atoms with Crippen LogP contribution in [0.3, 0.4) is 0 Å². The summed E-state index contributed by atoms with van der Waals surface area (Å²) in [7, 11) is 3.27. The number of anilines is 2. The molecule has 140 valence electrons. The lowest BCUT2D eigenvalue weighted by Crippen LogP contribution is -2.03. The van der Waals surface area contributed by atoms with Crippen LogP contribution in [0.15, 0.2) is 67.0 Å². The number of hydrogen-bond acceptors (Lipinski definition) is 6. The summed E-state index contributed by atoms with van der Waals surface area (Å²) >= 11 is 0. The Morgan fingerprint density at radius 3 is 2.39 bits per heavy atom. The zero-order valence-corrected chi connectivity index (χ0v) is 15.7. The fourth-order valence-corrected chi connectivity index (χ4v) is 3.12. The minimum atomic E-state index is 0.667. The average Bonchev–Trinajstić information content (AvgIpc) is 2.76. The Labute approximate surface area is 163 Å². The van der Waals surface area contributed by atoms with Gasteiger partial charge in [-0.2, -0.15) is 5.10 Å². The van der Waals surface area contributed by atoms with Gasteiger partial charge in [-0.05, 0) is 29.8 Å². The predicted molar refractivity (Wildman–Crippen MR) is 109 cm³/mol. The second kappa shape index (κ2) is 7.92. The Hall–Kier alpha value is -3.67. The largest absolute Gasteiger partial charge is 0.497 e. The van der Waals surface area contributed by atoms with Gasteiger partial charge in [-0.25, -0.2) is 0 Å². The van der Waals surface area contributed by atoms with Crippen molar-refractivity contribution in [1.29, 1.82) is 0 Å². The number of ether oxygens (including phenoxy) is 2. The molecule has 6 heteroatoms. The molecule has 4 rings (SSSR count). The van der Waals surface area contributed by atoms with Gasteiger partial charge >= 0.3 is 0 Å². The van der Waals surface area contributed by atoms with E-state index < -0.39 is 0 Å². The maximum absolute atomic E-state index is 5.46. The fraction of sp³-hybridized carbons (Fsp3) is 0.136. The number of hydrogen-bond donors (Lipinski definition) is 1. The van der Waals surface area contributed by atoms with Crippen molar-refractivity contribution in [3.8, 4) is 11.5 Å². The first kappa shape index (κ1) is 17.7. The Morgan fingerprint density at radius 1 is 0.857 bits per heavy atom. The highest BCUT2D eigenvalue weighted by Crippen LogP contribution is 2.33. The molecule has 0 aliphatic heterocycles. The van der Waals surface area contributed by atoms with Gasteiger partial charge in [0.1, 0.15) is 11.5 Å². The molecule has 0 aliphatic rings. The highest BCUT2D eigenvalue weighted by Gasteiger charge is 2.12. The van der Waals surface area contributed by atoms with Crippen LogP contribution in [0.5, 0.6) is 11.5 Å². The Kier molecular flexibility index (Phi) is 5.01. The summed E-state index contributed by atoms with van der Waals surface area (Å²) in [6, 6.07) is 17.7. The van der Waals surface area contributed by atoms with Crippen LogP contribution in [0.2, 0.25) is 0 Å². The number of benzene rings is 2. The van der Waals surface area contributed by atoms with Gasteiger partial charge < -0.3 is 14.8 Å². The molecule has 0 unspecified atom stereocenters. The standard InChI is InChI=1S/C22H20N4O2/c1-27-16-7-8-21(28-2)20(14-16)24-22-18-6-4-3-5-17(18)19(25-26-22)13-15-9-11-23-12-10-15/h3-12,14H,13H2,1-2H3,(H,24,26). The van der Waals surface area contributed by atoms with Crippen molar-refractivity contribution >= 4 is 22.3 Å². The summed E-state index contributed by atoms with van der Waals surface area (Å²) < 4.78 is 10.8. The fourth-order valence-electron chi connectivity index (χ4n) is 3.12. The van der Waals surface area contributed by atoms with Crippen LogP contribution in [0.4, 0.5) is 11.5 Å². The van der Waals surface area contributed by atoms with E-state index in [0.29, 0.717) is 18.0 Å². The highest BCUT2D eigenvalue weighted by molar-refractivity contribution is 5.95. The quantitative estimate of drug-likeness (QED) is 0.542. The van der Waals surface area contributed by atoms with E-state index in [4.69, 9.17) is 9.47 Å². The predicted octanol–water partition coefficient (Wildman–Crippen LogP) is 4.38. The van der Waals surface area contributed by atoms with E-state index in [1.54, 1.807) is 26.6 Å². The molecule has 0 aliphatic carbocycles. The van der Waals surface area contributed by atoms with Gasteiger partial charge in [0, 0.05) is 35.7 Å². The molecule has 2 heterocycles. The smallest absolute Gasteiger partial charge is 0.161 e. The molecule has 0 spiro atoms. The molecule has 4 aromatic rings. The van der Waals surface area contributed by atoms with Crippen LogP contribution in [0, 0.1) is 0 Å². The van der Waals surface area contributed by atoms with Crippen molar-refractivity contribution in [3.63, 3.8) is 0 Å². The van der Waals surface area contributed by atoms with E-state index in [1.807, 2.05) is 48.5 Å². The van der Waals surface area contributed by atoms with Crippen molar-refractivity contribution in [3.05, 3.63) is 78.2 Å². The van der Waals surface area contributed by atoms with Crippen LogP contribution in [0.1, 0.15) is 11.3 Å². The molecule has 0 atom stereocenters. The summed E-state index contributed by atoms with van der Waals surface area (Å²) in [6.07, 6.45) is 4.27. The van der Waals surface area contributed by atoms with Crippen LogP contribution in [0.25, 0.3) is 10.8 Å². The van der Waals surface area contributed by atoms with Crippen molar-refractivity contribution in [1.82, 2.24) is 15.2 Å². The van der Waals surface area contributed by atoms with E-state index in [2.05, 4.69) is 26.6 Å². The number of nitrogens with zero attached hydrogens (tertiary/aromatic N) is 3.